The molecule has 0 spiro atoms. The van der Waals surface area contributed by atoms with Gasteiger partial charge >= 0.3 is 6.03 Å². The fraction of sp³-hybridized carbons (Fsp3) is 0.360. The number of rotatable bonds is 6. The van der Waals surface area contributed by atoms with Crippen LogP contribution in [0.15, 0.2) is 53.1 Å². The van der Waals surface area contributed by atoms with Gasteiger partial charge in [0.05, 0.1) is 26.7 Å². The Kier molecular flexibility index (Phi) is 5.91. The number of nitrogens with zero attached hydrogens (tertiary/aromatic N) is 3. The predicted octanol–water partition coefficient (Wildman–Crippen LogP) is 3.76. The Hall–Kier alpha value is -3.88. The van der Waals surface area contributed by atoms with Crippen LogP contribution in [0.1, 0.15) is 36.6 Å². The first-order valence-electron chi connectivity index (χ1n) is 11.3. The third-order valence-corrected chi connectivity index (χ3v) is 6.57. The van der Waals surface area contributed by atoms with Crippen LogP contribution in [0.2, 0.25) is 0 Å². The van der Waals surface area contributed by atoms with E-state index in [1.165, 1.54) is 4.90 Å². The summed E-state index contributed by atoms with van der Waals surface area (Å²) in [5, 5.41) is 7.18. The number of fused-ring (bicyclic) bond motifs is 1. The summed E-state index contributed by atoms with van der Waals surface area (Å²) in [4.78, 5) is 31.8. The number of benzene rings is 2. The molecule has 3 amide bonds. The topological polar surface area (TPSA) is 107 Å². The lowest BCUT2D eigenvalue weighted by Crippen LogP contribution is -2.60. The zero-order valence-electron chi connectivity index (χ0n) is 19.1. The highest BCUT2D eigenvalue weighted by atomic mass is 16.5. The van der Waals surface area contributed by atoms with Crippen molar-refractivity contribution in [1.82, 2.24) is 20.4 Å². The monoisotopic (exact) mass is 462 g/mol. The number of carbonyl (C=O) groups is 2. The van der Waals surface area contributed by atoms with Gasteiger partial charge in [0.2, 0.25) is 17.6 Å². The van der Waals surface area contributed by atoms with E-state index in [-0.39, 0.29) is 36.4 Å². The molecule has 3 aromatic rings. The van der Waals surface area contributed by atoms with Crippen molar-refractivity contribution in [3.63, 3.8) is 0 Å². The Balaban J connectivity index is 1.29. The average Bonchev–Trinajstić information content (AvgIpc) is 3.37. The highest BCUT2D eigenvalue weighted by Gasteiger charge is 2.45. The van der Waals surface area contributed by atoms with Crippen molar-refractivity contribution in [2.45, 2.75) is 37.8 Å². The molecule has 176 valence electrons. The molecule has 1 saturated carbocycles. The van der Waals surface area contributed by atoms with Crippen molar-refractivity contribution in [3.8, 4) is 22.9 Å². The van der Waals surface area contributed by atoms with Crippen LogP contribution in [0.5, 0.6) is 11.5 Å². The van der Waals surface area contributed by atoms with Crippen LogP contribution in [0.25, 0.3) is 11.4 Å². The number of methoxy groups -OCH3 is 2. The van der Waals surface area contributed by atoms with Crippen LogP contribution in [-0.4, -0.2) is 47.2 Å². The highest BCUT2D eigenvalue weighted by Crippen LogP contribution is 2.39. The molecule has 1 aliphatic heterocycles. The molecule has 0 radical (unpaired) electrons. The summed E-state index contributed by atoms with van der Waals surface area (Å²) in [7, 11) is 3.17. The highest BCUT2D eigenvalue weighted by molar-refractivity contribution is 5.98. The average molecular weight is 463 g/mol. The van der Waals surface area contributed by atoms with E-state index in [1.54, 1.807) is 20.3 Å². The van der Waals surface area contributed by atoms with E-state index in [1.807, 2.05) is 42.5 Å². The Morgan fingerprint density at radius 1 is 1.06 bits per heavy atom. The van der Waals surface area contributed by atoms with Crippen LogP contribution in [-0.2, 0) is 11.3 Å². The van der Waals surface area contributed by atoms with Crippen molar-refractivity contribution in [3.05, 3.63) is 60.0 Å². The second kappa shape index (κ2) is 9.17. The number of aromatic nitrogens is 2. The van der Waals surface area contributed by atoms with Crippen LogP contribution in [0.3, 0.4) is 0 Å². The van der Waals surface area contributed by atoms with Crippen LogP contribution < -0.4 is 14.8 Å². The molecule has 5 rings (SSSR count). The van der Waals surface area contributed by atoms with Crippen LogP contribution in [0, 0.1) is 5.92 Å². The maximum absolute atomic E-state index is 13.1. The third kappa shape index (κ3) is 4.21. The van der Waals surface area contributed by atoms with Crippen molar-refractivity contribution < 1.29 is 23.6 Å². The fourth-order valence-electron chi connectivity index (χ4n) is 4.76. The van der Waals surface area contributed by atoms with Gasteiger partial charge in [-0.2, -0.15) is 4.98 Å². The molecule has 1 aliphatic carbocycles. The Morgan fingerprint density at radius 2 is 1.79 bits per heavy atom. The zero-order valence-corrected chi connectivity index (χ0v) is 19.1. The minimum atomic E-state index is -0.356. The standard InChI is InChI=1S/C25H26N4O5/c1-32-18-10-17(11-19(13-18)33-2)22-27-23(34-28-22)16-8-9-20-21(12-16)26-25(31)29(24(20)30)14-15-6-4-3-5-7-15/h3-7,10-11,13,16,20-21H,8-9,12,14H2,1-2H3,(H,26,31). The summed E-state index contributed by atoms with van der Waals surface area (Å²) in [5.74, 6) is 1.79. The summed E-state index contributed by atoms with van der Waals surface area (Å²) < 4.78 is 16.2. The van der Waals surface area contributed by atoms with E-state index in [4.69, 9.17) is 14.0 Å². The molecule has 9 heteroatoms. The predicted molar refractivity (Wildman–Crippen MR) is 122 cm³/mol. The van der Waals surface area contributed by atoms with Crippen molar-refractivity contribution in [1.29, 1.82) is 0 Å². The Labute approximate surface area is 197 Å². The SMILES string of the molecule is COc1cc(OC)cc(-c2noc(C3CCC4C(=O)N(Cc5ccccc5)C(=O)NC4C3)n2)c1. The lowest BCUT2D eigenvalue weighted by atomic mass is 9.76. The van der Waals surface area contributed by atoms with Gasteiger partial charge in [-0.15, -0.1) is 0 Å². The minimum Gasteiger partial charge on any atom is -0.497 e. The fourth-order valence-corrected chi connectivity index (χ4v) is 4.76. The second-order valence-corrected chi connectivity index (χ2v) is 8.64. The van der Waals surface area contributed by atoms with E-state index in [9.17, 15) is 9.59 Å². The maximum Gasteiger partial charge on any atom is 0.324 e. The first kappa shape index (κ1) is 21.9. The second-order valence-electron chi connectivity index (χ2n) is 8.64. The van der Waals surface area contributed by atoms with Crippen molar-refractivity contribution in [2.24, 2.45) is 5.92 Å². The summed E-state index contributed by atoms with van der Waals surface area (Å²) in [6.45, 7) is 0.273. The van der Waals surface area contributed by atoms with Gasteiger partial charge in [0.25, 0.3) is 0 Å². The van der Waals surface area contributed by atoms with Gasteiger partial charge in [0, 0.05) is 23.6 Å². The van der Waals surface area contributed by atoms with Gasteiger partial charge in [-0.05, 0) is 37.0 Å². The van der Waals surface area contributed by atoms with E-state index >= 15 is 0 Å². The zero-order chi connectivity index (χ0) is 23.7. The molecule has 1 aromatic heterocycles. The van der Waals surface area contributed by atoms with Crippen LogP contribution in [0.4, 0.5) is 4.79 Å². The third-order valence-electron chi connectivity index (χ3n) is 6.57. The minimum absolute atomic E-state index is 0.0382. The number of amides is 3. The van der Waals surface area contributed by atoms with Gasteiger partial charge in [-0.1, -0.05) is 35.5 Å². The van der Waals surface area contributed by atoms with Crippen molar-refractivity contribution >= 4 is 11.9 Å². The molecule has 2 aromatic carbocycles. The lowest BCUT2D eigenvalue weighted by molar-refractivity contribution is -0.137. The van der Waals surface area contributed by atoms with E-state index in [0.717, 1.165) is 17.5 Å². The molecule has 0 bridgehead atoms. The molecule has 2 fully saturated rings. The molecule has 3 atom stereocenters. The molecule has 2 aliphatic rings. The molecule has 9 nitrogen and oxygen atoms in total. The smallest absolute Gasteiger partial charge is 0.324 e. The molecule has 34 heavy (non-hydrogen) atoms. The van der Waals surface area contributed by atoms with Gasteiger partial charge in [0.15, 0.2) is 0 Å². The number of nitrogens with one attached hydrogen (secondary N) is 1. The summed E-state index contributed by atoms with van der Waals surface area (Å²) in [6.07, 6.45) is 1.94. The van der Waals surface area contributed by atoms with Gasteiger partial charge in [-0.25, -0.2) is 4.79 Å². The maximum atomic E-state index is 13.1. The molecule has 2 heterocycles. The Bertz CT molecular complexity index is 1170. The normalized spacial score (nSPS) is 22.2. The van der Waals surface area contributed by atoms with Gasteiger partial charge in [-0.3, -0.25) is 9.69 Å². The van der Waals surface area contributed by atoms with Gasteiger partial charge < -0.3 is 19.3 Å². The largest absolute Gasteiger partial charge is 0.497 e. The van der Waals surface area contributed by atoms with E-state index in [0.29, 0.717) is 36.1 Å². The van der Waals surface area contributed by atoms with Crippen molar-refractivity contribution in [2.75, 3.05) is 14.2 Å². The number of carbonyl (C=O) groups excluding carboxylic acids is 2. The number of hydrogen-bond acceptors (Lipinski definition) is 7. The van der Waals surface area contributed by atoms with E-state index in [2.05, 4.69) is 15.5 Å². The molecule has 1 saturated heterocycles. The Morgan fingerprint density at radius 3 is 2.50 bits per heavy atom. The van der Waals surface area contributed by atoms with Gasteiger partial charge in [0.1, 0.15) is 11.5 Å². The molecule has 1 N–H and O–H groups in total. The number of ether oxygens (including phenoxy) is 2. The number of imide groups is 1. The summed E-state index contributed by atoms with van der Waals surface area (Å²) >= 11 is 0. The molecular weight excluding hydrogens is 436 g/mol. The summed E-state index contributed by atoms with van der Waals surface area (Å²) in [5.41, 5.74) is 1.64. The molecular formula is C25H26N4O5. The van der Waals surface area contributed by atoms with E-state index < -0.39 is 0 Å². The lowest BCUT2D eigenvalue weighted by Gasteiger charge is -2.41. The first-order chi connectivity index (χ1) is 16.6. The first-order valence-corrected chi connectivity index (χ1v) is 11.3. The van der Waals surface area contributed by atoms with Crippen LogP contribution >= 0.6 is 0 Å². The number of urea groups is 1. The summed E-state index contributed by atoms with van der Waals surface area (Å²) in [6, 6.07) is 14.3. The number of hydrogen-bond donors (Lipinski definition) is 1. The quantitative estimate of drug-likeness (QED) is 0.594. The molecule has 3 unspecified atom stereocenters.